The molecule has 0 bridgehead atoms. The summed E-state index contributed by atoms with van der Waals surface area (Å²) in [5.41, 5.74) is 1.65. The first-order valence-corrected chi connectivity index (χ1v) is 6.84. The van der Waals surface area contributed by atoms with E-state index < -0.39 is 5.97 Å². The number of aliphatic carboxylic acids is 1. The number of carboxylic acid groups (broad SMARTS) is 1. The van der Waals surface area contributed by atoms with Crippen LogP contribution in [0.25, 0.3) is 0 Å². The zero-order valence-electron chi connectivity index (χ0n) is 10.7. The molecule has 17 heavy (non-hydrogen) atoms. The molecular weight excluding hydrogens is 212 g/mol. The van der Waals surface area contributed by atoms with Crippen molar-refractivity contribution in [1.82, 2.24) is 0 Å². The molecule has 1 N–H and O–H groups in total. The number of carboxylic acids is 1. The van der Waals surface area contributed by atoms with Gasteiger partial charge in [-0.2, -0.15) is 0 Å². The zero-order chi connectivity index (χ0) is 12.3. The highest BCUT2D eigenvalue weighted by molar-refractivity contribution is 5.66. The van der Waals surface area contributed by atoms with Gasteiger partial charge in [0.05, 0.1) is 0 Å². The molecule has 0 aromatic heterocycles. The van der Waals surface area contributed by atoms with Crippen molar-refractivity contribution in [2.24, 2.45) is 0 Å². The van der Waals surface area contributed by atoms with Crippen molar-refractivity contribution in [2.75, 3.05) is 0 Å². The van der Waals surface area contributed by atoms with Crippen LogP contribution < -0.4 is 0 Å². The molecule has 0 spiro atoms. The van der Waals surface area contributed by atoms with Gasteiger partial charge in [0.15, 0.2) is 0 Å². The smallest absolute Gasteiger partial charge is 0.303 e. The fourth-order valence-electron chi connectivity index (χ4n) is 2.20. The number of carbonyl (C=O) groups is 1. The first kappa shape index (κ1) is 14.0. The van der Waals surface area contributed by atoms with Crippen LogP contribution in [0.3, 0.4) is 0 Å². The standard InChI is InChI=1S/C15H24O2/c16-15(17)13-9-4-2-1-3-6-10-14-11-7-5-8-12-14/h1-2,10H,3-9,11-13H2,(H,16,17)/b2-1-. The Balaban J connectivity index is 1.99. The maximum Gasteiger partial charge on any atom is 0.303 e. The van der Waals surface area contributed by atoms with Crippen molar-refractivity contribution < 1.29 is 9.90 Å². The molecule has 0 radical (unpaired) electrons. The minimum absolute atomic E-state index is 0.286. The third-order valence-corrected chi connectivity index (χ3v) is 3.19. The summed E-state index contributed by atoms with van der Waals surface area (Å²) in [4.78, 5) is 10.3. The van der Waals surface area contributed by atoms with Gasteiger partial charge in [-0.15, -0.1) is 0 Å². The van der Waals surface area contributed by atoms with Crippen LogP contribution in [0.5, 0.6) is 0 Å². The van der Waals surface area contributed by atoms with Gasteiger partial charge in [0, 0.05) is 6.42 Å². The molecule has 0 heterocycles. The molecule has 0 atom stereocenters. The van der Waals surface area contributed by atoms with E-state index in [1.54, 1.807) is 5.57 Å². The van der Waals surface area contributed by atoms with Gasteiger partial charge in [0.2, 0.25) is 0 Å². The predicted octanol–water partition coefficient (Wildman–Crippen LogP) is 4.47. The Bertz CT molecular complexity index is 269. The lowest BCUT2D eigenvalue weighted by atomic mass is 9.94. The average molecular weight is 236 g/mol. The van der Waals surface area contributed by atoms with E-state index in [0.717, 1.165) is 25.7 Å². The lowest BCUT2D eigenvalue weighted by Crippen LogP contribution is -1.93. The van der Waals surface area contributed by atoms with Crippen LogP contribution in [-0.2, 0) is 4.79 Å². The number of hydrogen-bond acceptors (Lipinski definition) is 1. The second-order valence-electron chi connectivity index (χ2n) is 4.76. The summed E-state index contributed by atoms with van der Waals surface area (Å²) < 4.78 is 0. The molecule has 0 aliphatic heterocycles. The van der Waals surface area contributed by atoms with Crippen LogP contribution >= 0.6 is 0 Å². The fraction of sp³-hybridized carbons (Fsp3) is 0.667. The first-order chi connectivity index (χ1) is 8.29. The summed E-state index contributed by atoms with van der Waals surface area (Å²) >= 11 is 0. The second kappa shape index (κ2) is 9.03. The van der Waals surface area contributed by atoms with E-state index >= 15 is 0 Å². The quantitative estimate of drug-likeness (QED) is 0.523. The number of rotatable bonds is 7. The zero-order valence-corrected chi connectivity index (χ0v) is 10.7. The molecule has 0 unspecified atom stereocenters. The highest BCUT2D eigenvalue weighted by Crippen LogP contribution is 2.23. The lowest BCUT2D eigenvalue weighted by molar-refractivity contribution is -0.137. The minimum Gasteiger partial charge on any atom is -0.481 e. The van der Waals surface area contributed by atoms with Crippen LogP contribution in [0.1, 0.15) is 64.2 Å². The van der Waals surface area contributed by atoms with Crippen LogP contribution in [0.2, 0.25) is 0 Å². The molecule has 0 amide bonds. The third kappa shape index (κ3) is 7.78. The van der Waals surface area contributed by atoms with Crippen molar-refractivity contribution in [2.45, 2.75) is 64.2 Å². The molecule has 2 nitrogen and oxygen atoms in total. The van der Waals surface area contributed by atoms with Crippen LogP contribution in [0.4, 0.5) is 0 Å². The van der Waals surface area contributed by atoms with Crippen molar-refractivity contribution in [3.8, 4) is 0 Å². The van der Waals surface area contributed by atoms with Gasteiger partial charge < -0.3 is 5.11 Å². The van der Waals surface area contributed by atoms with Crippen molar-refractivity contribution in [1.29, 1.82) is 0 Å². The lowest BCUT2D eigenvalue weighted by Gasteiger charge is -2.12. The average Bonchev–Trinajstić information content (AvgIpc) is 2.33. The monoisotopic (exact) mass is 236 g/mol. The fourth-order valence-corrected chi connectivity index (χ4v) is 2.20. The molecule has 0 aromatic carbocycles. The van der Waals surface area contributed by atoms with Crippen molar-refractivity contribution in [3.63, 3.8) is 0 Å². The number of unbranched alkanes of at least 4 members (excludes halogenated alkanes) is 2. The molecular formula is C15H24O2. The van der Waals surface area contributed by atoms with Gasteiger partial charge in [-0.3, -0.25) is 4.79 Å². The summed E-state index contributed by atoms with van der Waals surface area (Å²) in [5.74, 6) is -0.694. The molecule has 1 aliphatic carbocycles. The van der Waals surface area contributed by atoms with Gasteiger partial charge in [-0.1, -0.05) is 30.2 Å². The van der Waals surface area contributed by atoms with Gasteiger partial charge >= 0.3 is 5.97 Å². The first-order valence-electron chi connectivity index (χ1n) is 6.84. The van der Waals surface area contributed by atoms with Gasteiger partial charge in [-0.05, 0) is 51.4 Å². The van der Waals surface area contributed by atoms with Gasteiger partial charge in [-0.25, -0.2) is 0 Å². The highest BCUT2D eigenvalue weighted by Gasteiger charge is 2.03. The van der Waals surface area contributed by atoms with Crippen LogP contribution in [-0.4, -0.2) is 11.1 Å². The Morgan fingerprint density at radius 2 is 1.76 bits per heavy atom. The van der Waals surface area contributed by atoms with E-state index in [2.05, 4.69) is 18.2 Å². The molecule has 0 aromatic rings. The molecule has 1 fully saturated rings. The number of hydrogen-bond donors (Lipinski definition) is 1. The number of allylic oxidation sites excluding steroid dienone is 4. The van der Waals surface area contributed by atoms with Crippen LogP contribution in [0, 0.1) is 0 Å². The second-order valence-corrected chi connectivity index (χ2v) is 4.76. The van der Waals surface area contributed by atoms with E-state index in [-0.39, 0.29) is 6.42 Å². The summed E-state index contributed by atoms with van der Waals surface area (Å²) in [7, 11) is 0. The highest BCUT2D eigenvalue weighted by atomic mass is 16.4. The molecule has 0 saturated heterocycles. The third-order valence-electron chi connectivity index (χ3n) is 3.19. The Kier molecular flexibility index (Phi) is 7.44. The maximum atomic E-state index is 10.3. The van der Waals surface area contributed by atoms with E-state index in [1.807, 2.05) is 0 Å². The van der Waals surface area contributed by atoms with Crippen molar-refractivity contribution in [3.05, 3.63) is 23.8 Å². The molecule has 1 rings (SSSR count). The van der Waals surface area contributed by atoms with E-state index in [1.165, 1.54) is 32.1 Å². The molecule has 1 aliphatic rings. The van der Waals surface area contributed by atoms with E-state index in [9.17, 15) is 4.79 Å². The summed E-state index contributed by atoms with van der Waals surface area (Å²) in [5, 5.41) is 8.47. The topological polar surface area (TPSA) is 37.3 Å². The Morgan fingerprint density at radius 1 is 1.06 bits per heavy atom. The Labute approximate surface area is 104 Å². The van der Waals surface area contributed by atoms with Gasteiger partial charge in [0.1, 0.15) is 0 Å². The maximum absolute atomic E-state index is 10.3. The molecule has 96 valence electrons. The minimum atomic E-state index is -0.694. The SMILES string of the molecule is O=C(O)CCC/C=C\CCC=C1CCCCC1. The van der Waals surface area contributed by atoms with Gasteiger partial charge in [0.25, 0.3) is 0 Å². The summed E-state index contributed by atoms with van der Waals surface area (Å²) in [6, 6.07) is 0. The predicted molar refractivity (Wildman–Crippen MR) is 71.0 cm³/mol. The molecule has 2 heteroatoms. The van der Waals surface area contributed by atoms with E-state index in [0.29, 0.717) is 0 Å². The molecule has 1 saturated carbocycles. The van der Waals surface area contributed by atoms with Crippen molar-refractivity contribution >= 4 is 5.97 Å². The normalized spacial score (nSPS) is 16.4. The Hall–Kier alpha value is -1.05. The Morgan fingerprint density at radius 3 is 2.47 bits per heavy atom. The van der Waals surface area contributed by atoms with E-state index in [4.69, 9.17) is 5.11 Å². The largest absolute Gasteiger partial charge is 0.481 e. The summed E-state index contributed by atoms with van der Waals surface area (Å²) in [6.07, 6.45) is 17.6. The van der Waals surface area contributed by atoms with Crippen LogP contribution in [0.15, 0.2) is 23.8 Å². The summed E-state index contributed by atoms with van der Waals surface area (Å²) in [6.45, 7) is 0.